The van der Waals surface area contributed by atoms with Crippen LogP contribution < -0.4 is 11.1 Å². The Hall–Kier alpha value is -1.42. The summed E-state index contributed by atoms with van der Waals surface area (Å²) in [5.41, 5.74) is 7.47. The molecular weight excluding hydrogens is 207 g/mol. The van der Waals surface area contributed by atoms with E-state index in [9.17, 15) is 9.18 Å². The molecule has 1 amide bonds. The van der Waals surface area contributed by atoms with Gasteiger partial charge in [-0.2, -0.15) is 0 Å². The summed E-state index contributed by atoms with van der Waals surface area (Å²) in [6.45, 7) is 0.660. The monoisotopic (exact) mass is 222 g/mol. The summed E-state index contributed by atoms with van der Waals surface area (Å²) in [4.78, 5) is 11.1. The van der Waals surface area contributed by atoms with Gasteiger partial charge in [-0.1, -0.05) is 6.07 Å². The largest absolute Gasteiger partial charge is 0.330 e. The molecule has 0 unspecified atom stereocenters. The summed E-state index contributed by atoms with van der Waals surface area (Å²) in [7, 11) is 0. The maximum Gasteiger partial charge on any atom is 0.228 e. The first-order chi connectivity index (χ1) is 7.70. The van der Waals surface area contributed by atoms with Gasteiger partial charge in [0, 0.05) is 0 Å². The Bertz CT molecular complexity index is 418. The number of fused-ring (bicyclic) bond motifs is 1. The minimum Gasteiger partial charge on any atom is -0.330 e. The van der Waals surface area contributed by atoms with Crippen molar-refractivity contribution in [1.29, 1.82) is 0 Å². The number of aryl methyl sites for hydroxylation is 1. The van der Waals surface area contributed by atoms with E-state index in [1.165, 1.54) is 6.07 Å². The van der Waals surface area contributed by atoms with E-state index < -0.39 is 0 Å². The predicted molar refractivity (Wildman–Crippen MR) is 60.7 cm³/mol. The fourth-order valence-corrected chi connectivity index (χ4v) is 1.98. The van der Waals surface area contributed by atoms with Crippen LogP contribution in [0.1, 0.15) is 24.0 Å². The smallest absolute Gasteiger partial charge is 0.228 e. The first kappa shape index (κ1) is 11.1. The molecule has 86 valence electrons. The van der Waals surface area contributed by atoms with Gasteiger partial charge in [0.15, 0.2) is 0 Å². The van der Waals surface area contributed by atoms with Crippen LogP contribution in [-0.4, -0.2) is 12.5 Å². The first-order valence-corrected chi connectivity index (χ1v) is 5.52. The van der Waals surface area contributed by atoms with E-state index in [1.54, 1.807) is 0 Å². The van der Waals surface area contributed by atoms with Crippen LogP contribution in [0.2, 0.25) is 0 Å². The Morgan fingerprint density at radius 1 is 1.38 bits per heavy atom. The number of nitrogens with one attached hydrogen (secondary N) is 1. The average Bonchev–Trinajstić information content (AvgIpc) is 2.60. The second-order valence-electron chi connectivity index (χ2n) is 4.08. The van der Waals surface area contributed by atoms with Gasteiger partial charge in [-0.15, -0.1) is 0 Å². The normalized spacial score (nSPS) is 13.8. The molecule has 1 heterocycles. The second-order valence-corrected chi connectivity index (χ2v) is 4.08. The highest BCUT2D eigenvalue weighted by Crippen LogP contribution is 2.28. The third-order valence-electron chi connectivity index (χ3n) is 2.77. The molecule has 1 aliphatic rings. The molecule has 0 saturated carbocycles. The minimum atomic E-state index is -0.328. The van der Waals surface area contributed by atoms with Crippen LogP contribution in [0, 0.1) is 5.82 Å². The number of benzene rings is 1. The number of anilines is 1. The van der Waals surface area contributed by atoms with Crippen molar-refractivity contribution in [1.82, 2.24) is 0 Å². The van der Waals surface area contributed by atoms with Gasteiger partial charge < -0.3 is 11.1 Å². The third kappa shape index (κ3) is 2.22. The maximum atomic E-state index is 13.6. The van der Waals surface area contributed by atoms with E-state index in [0.29, 0.717) is 12.2 Å². The molecule has 0 aliphatic carbocycles. The molecule has 2 rings (SSSR count). The van der Waals surface area contributed by atoms with E-state index in [0.717, 1.165) is 30.4 Å². The standard InChI is InChI=1S/C12H15FN2O/c13-10-6-8(3-1-2-4-14)5-9-7-11(16)15-12(9)10/h5-6H,1-4,7,14H2,(H,15,16). The molecule has 3 nitrogen and oxygen atoms in total. The van der Waals surface area contributed by atoms with Crippen molar-refractivity contribution in [3.8, 4) is 0 Å². The first-order valence-electron chi connectivity index (χ1n) is 5.52. The lowest BCUT2D eigenvalue weighted by molar-refractivity contribution is -0.115. The molecule has 16 heavy (non-hydrogen) atoms. The molecule has 3 N–H and O–H groups in total. The molecule has 0 spiro atoms. The van der Waals surface area contributed by atoms with Crippen LogP contribution in [0.3, 0.4) is 0 Å². The Kier molecular flexibility index (Phi) is 3.19. The van der Waals surface area contributed by atoms with Gasteiger partial charge in [-0.25, -0.2) is 4.39 Å². The van der Waals surface area contributed by atoms with E-state index in [2.05, 4.69) is 5.32 Å². The molecule has 0 fully saturated rings. The lowest BCUT2D eigenvalue weighted by Crippen LogP contribution is -2.04. The lowest BCUT2D eigenvalue weighted by atomic mass is 10.0. The van der Waals surface area contributed by atoms with Crippen LogP contribution >= 0.6 is 0 Å². The number of hydrogen-bond acceptors (Lipinski definition) is 2. The zero-order valence-corrected chi connectivity index (χ0v) is 9.05. The van der Waals surface area contributed by atoms with Crippen molar-refractivity contribution in [2.75, 3.05) is 11.9 Å². The molecule has 1 aromatic carbocycles. The maximum absolute atomic E-state index is 13.6. The Labute approximate surface area is 93.8 Å². The van der Waals surface area contributed by atoms with Gasteiger partial charge in [-0.3, -0.25) is 4.79 Å². The number of halogens is 1. The molecule has 1 aliphatic heterocycles. The Morgan fingerprint density at radius 2 is 2.19 bits per heavy atom. The highest BCUT2D eigenvalue weighted by Gasteiger charge is 2.21. The summed E-state index contributed by atoms with van der Waals surface area (Å²) < 4.78 is 13.6. The summed E-state index contributed by atoms with van der Waals surface area (Å²) >= 11 is 0. The molecule has 4 heteroatoms. The third-order valence-corrected chi connectivity index (χ3v) is 2.77. The van der Waals surface area contributed by atoms with Crippen LogP contribution in [0.5, 0.6) is 0 Å². The number of hydrogen-bond donors (Lipinski definition) is 2. The highest BCUT2D eigenvalue weighted by molar-refractivity contribution is 5.99. The number of amides is 1. The van der Waals surface area contributed by atoms with Crippen LogP contribution in [0.25, 0.3) is 0 Å². The zero-order valence-electron chi connectivity index (χ0n) is 9.05. The van der Waals surface area contributed by atoms with Gasteiger partial charge in [0.25, 0.3) is 0 Å². The van der Waals surface area contributed by atoms with Gasteiger partial charge in [0.2, 0.25) is 5.91 Å². The summed E-state index contributed by atoms with van der Waals surface area (Å²) in [6.07, 6.45) is 3.00. The predicted octanol–water partition coefficient (Wildman–Crippen LogP) is 1.60. The molecular formula is C12H15FN2O. The Balaban J connectivity index is 2.15. The summed E-state index contributed by atoms with van der Waals surface area (Å²) in [6, 6.07) is 3.41. The Morgan fingerprint density at radius 3 is 2.94 bits per heavy atom. The fraction of sp³-hybridized carbons (Fsp3) is 0.417. The minimum absolute atomic E-state index is 0.131. The molecule has 0 bridgehead atoms. The topological polar surface area (TPSA) is 55.1 Å². The lowest BCUT2D eigenvalue weighted by Gasteiger charge is -2.05. The zero-order chi connectivity index (χ0) is 11.5. The molecule has 0 radical (unpaired) electrons. The van der Waals surface area contributed by atoms with E-state index >= 15 is 0 Å². The van der Waals surface area contributed by atoms with Crippen molar-refractivity contribution in [2.24, 2.45) is 5.73 Å². The number of carbonyl (C=O) groups excluding carboxylic acids is 1. The number of carbonyl (C=O) groups is 1. The average molecular weight is 222 g/mol. The summed E-state index contributed by atoms with van der Waals surface area (Å²) in [5, 5.41) is 2.53. The molecule has 0 saturated heterocycles. The van der Waals surface area contributed by atoms with Crippen molar-refractivity contribution in [3.63, 3.8) is 0 Å². The van der Waals surface area contributed by atoms with Crippen molar-refractivity contribution < 1.29 is 9.18 Å². The number of nitrogens with two attached hydrogens (primary N) is 1. The van der Waals surface area contributed by atoms with Gasteiger partial charge in [0.1, 0.15) is 5.82 Å². The SMILES string of the molecule is NCCCCc1cc(F)c2c(c1)CC(=O)N2. The highest BCUT2D eigenvalue weighted by atomic mass is 19.1. The quantitative estimate of drug-likeness (QED) is 0.760. The van der Waals surface area contributed by atoms with E-state index in [4.69, 9.17) is 5.73 Å². The number of rotatable bonds is 4. The van der Waals surface area contributed by atoms with Crippen LogP contribution in [0.15, 0.2) is 12.1 Å². The van der Waals surface area contributed by atoms with Crippen molar-refractivity contribution >= 4 is 11.6 Å². The molecule has 0 atom stereocenters. The van der Waals surface area contributed by atoms with Gasteiger partial charge >= 0.3 is 0 Å². The van der Waals surface area contributed by atoms with E-state index in [-0.39, 0.29) is 18.1 Å². The van der Waals surface area contributed by atoms with Crippen LogP contribution in [0.4, 0.5) is 10.1 Å². The van der Waals surface area contributed by atoms with Gasteiger partial charge in [-0.05, 0) is 43.0 Å². The molecule has 1 aromatic rings. The van der Waals surface area contributed by atoms with Crippen molar-refractivity contribution in [2.45, 2.75) is 25.7 Å². The summed E-state index contributed by atoms with van der Waals surface area (Å²) in [5.74, 6) is -0.459. The van der Waals surface area contributed by atoms with Gasteiger partial charge in [0.05, 0.1) is 12.1 Å². The van der Waals surface area contributed by atoms with Crippen molar-refractivity contribution in [3.05, 3.63) is 29.1 Å². The second kappa shape index (κ2) is 4.61. The number of unbranched alkanes of at least 4 members (excludes halogenated alkanes) is 1. The molecule has 0 aromatic heterocycles. The fourth-order valence-electron chi connectivity index (χ4n) is 1.98. The van der Waals surface area contributed by atoms with Crippen LogP contribution in [-0.2, 0) is 17.6 Å². The van der Waals surface area contributed by atoms with E-state index in [1.807, 2.05) is 6.07 Å².